The highest BCUT2D eigenvalue weighted by atomic mass is 16.7. The first-order chi connectivity index (χ1) is 11.7. The summed E-state index contributed by atoms with van der Waals surface area (Å²) >= 11 is 0. The second kappa shape index (κ2) is 4.77. The number of allylic oxidation sites excluding steroid dienone is 2. The molecule has 3 aliphatic rings. The van der Waals surface area contributed by atoms with Crippen LogP contribution in [0.2, 0.25) is 0 Å². The molecule has 2 aliphatic heterocycles. The third kappa shape index (κ3) is 1.78. The van der Waals surface area contributed by atoms with Crippen molar-refractivity contribution in [1.29, 1.82) is 0 Å². The largest absolute Gasteiger partial charge is 0.454 e. The van der Waals surface area contributed by atoms with Crippen molar-refractivity contribution >= 4 is 11.6 Å². The van der Waals surface area contributed by atoms with Gasteiger partial charge in [-0.25, -0.2) is 0 Å². The maximum Gasteiger partial charge on any atom is 0.270 e. The molecule has 1 aromatic carbocycles. The smallest absolute Gasteiger partial charge is 0.270 e. The number of hydrogen-bond donors (Lipinski definition) is 3. The molecule has 0 unspecified atom stereocenters. The number of hydrogen-bond acceptors (Lipinski definition) is 5. The molecule has 0 fully saturated rings. The van der Waals surface area contributed by atoms with Gasteiger partial charge < -0.3 is 14.8 Å². The topological polar surface area (TPSA) is 96.2 Å². The minimum absolute atomic E-state index is 0.0951. The molecule has 0 spiro atoms. The highest BCUT2D eigenvalue weighted by Gasteiger charge is 2.38. The molecule has 3 N–H and O–H groups in total. The van der Waals surface area contributed by atoms with Crippen molar-refractivity contribution in [2.45, 2.75) is 25.2 Å². The SMILES string of the molecule is O=C1CCCC2=C1[C@H](c1ccc3c(c1)OCO3)c1c([nH][nH]c1=O)N2. The normalized spacial score (nSPS) is 21.3. The number of rotatable bonds is 1. The Bertz CT molecular complexity index is 953. The second-order valence-electron chi connectivity index (χ2n) is 6.21. The molecule has 7 heteroatoms. The molecule has 5 rings (SSSR count). The highest BCUT2D eigenvalue weighted by Crippen LogP contribution is 2.45. The van der Waals surface area contributed by atoms with Crippen molar-refractivity contribution in [3.63, 3.8) is 0 Å². The van der Waals surface area contributed by atoms with E-state index in [-0.39, 0.29) is 18.1 Å². The lowest BCUT2D eigenvalue weighted by molar-refractivity contribution is -0.116. The Balaban J connectivity index is 1.74. The molecule has 0 saturated carbocycles. The molecular formula is C17H15N3O4. The maximum absolute atomic E-state index is 12.6. The average Bonchev–Trinajstić information content (AvgIpc) is 3.19. The lowest BCUT2D eigenvalue weighted by Crippen LogP contribution is -2.29. The van der Waals surface area contributed by atoms with Crippen molar-refractivity contribution in [2.75, 3.05) is 12.1 Å². The Hall–Kier alpha value is -2.96. The monoisotopic (exact) mass is 325 g/mol. The number of fused-ring (bicyclic) bond motifs is 2. The van der Waals surface area contributed by atoms with Gasteiger partial charge in [-0.3, -0.25) is 19.8 Å². The van der Waals surface area contributed by atoms with E-state index in [1.807, 2.05) is 18.2 Å². The van der Waals surface area contributed by atoms with Crippen LogP contribution >= 0.6 is 0 Å². The standard InChI is InChI=1S/C17H15N3O4/c21-10-3-1-2-9-14(10)13(15-16(18-9)19-20-17(15)22)8-4-5-11-12(6-8)24-7-23-11/h4-6,13H,1-3,7H2,(H3,18,19,20,22)/t13-/m0/s1. The summed E-state index contributed by atoms with van der Waals surface area (Å²) < 4.78 is 10.8. The van der Waals surface area contributed by atoms with Crippen molar-refractivity contribution in [2.24, 2.45) is 0 Å². The number of anilines is 1. The minimum Gasteiger partial charge on any atom is -0.454 e. The molecule has 0 saturated heterocycles. The molecule has 0 amide bonds. The van der Waals surface area contributed by atoms with E-state index in [1.165, 1.54) is 0 Å². The molecule has 7 nitrogen and oxygen atoms in total. The molecule has 122 valence electrons. The first-order valence-electron chi connectivity index (χ1n) is 7.96. The number of nitrogens with one attached hydrogen (secondary N) is 3. The molecule has 1 atom stereocenters. The first-order valence-corrected chi connectivity index (χ1v) is 7.96. The number of H-pyrrole nitrogens is 2. The van der Waals surface area contributed by atoms with E-state index in [9.17, 15) is 9.59 Å². The number of carbonyl (C=O) groups excluding carboxylic acids is 1. The van der Waals surface area contributed by atoms with E-state index in [2.05, 4.69) is 15.5 Å². The zero-order chi connectivity index (χ0) is 16.3. The maximum atomic E-state index is 12.6. The van der Waals surface area contributed by atoms with E-state index in [0.29, 0.717) is 34.9 Å². The van der Waals surface area contributed by atoms with Gasteiger partial charge in [0.05, 0.1) is 5.56 Å². The Labute approximate surface area is 136 Å². The van der Waals surface area contributed by atoms with E-state index in [1.54, 1.807) is 0 Å². The fourth-order valence-corrected chi connectivity index (χ4v) is 3.79. The zero-order valence-electron chi connectivity index (χ0n) is 12.8. The summed E-state index contributed by atoms with van der Waals surface area (Å²) in [5.41, 5.74) is 2.78. The predicted molar refractivity (Wildman–Crippen MR) is 85.3 cm³/mol. The van der Waals surface area contributed by atoms with Gasteiger partial charge in [0.1, 0.15) is 5.82 Å². The van der Waals surface area contributed by atoms with E-state index in [0.717, 1.165) is 24.1 Å². The number of aromatic nitrogens is 2. The van der Waals surface area contributed by atoms with Gasteiger partial charge in [-0.2, -0.15) is 0 Å². The zero-order valence-corrected chi connectivity index (χ0v) is 12.8. The van der Waals surface area contributed by atoms with Gasteiger partial charge >= 0.3 is 0 Å². The minimum atomic E-state index is -0.395. The highest BCUT2D eigenvalue weighted by molar-refractivity contribution is 6.00. The summed E-state index contributed by atoms with van der Waals surface area (Å²) in [6.45, 7) is 0.188. The van der Waals surface area contributed by atoms with E-state index >= 15 is 0 Å². The number of Topliss-reactive ketones (excluding diaryl/α,β-unsaturated/α-hetero) is 1. The number of aromatic amines is 2. The summed E-state index contributed by atoms with van der Waals surface area (Å²) in [6, 6.07) is 5.58. The number of ether oxygens (including phenoxy) is 2. The fraction of sp³-hybridized carbons (Fsp3) is 0.294. The van der Waals surface area contributed by atoms with Crippen LogP contribution in [0, 0.1) is 0 Å². The van der Waals surface area contributed by atoms with E-state index < -0.39 is 5.92 Å². The fourth-order valence-electron chi connectivity index (χ4n) is 3.79. The lowest BCUT2D eigenvalue weighted by Gasteiger charge is -2.31. The van der Waals surface area contributed by atoms with Crippen LogP contribution in [0.3, 0.4) is 0 Å². The molecule has 3 heterocycles. The van der Waals surface area contributed by atoms with Gasteiger partial charge in [0.15, 0.2) is 17.3 Å². The molecule has 24 heavy (non-hydrogen) atoms. The second-order valence-corrected chi connectivity index (χ2v) is 6.21. The summed E-state index contributed by atoms with van der Waals surface area (Å²) in [6.07, 6.45) is 2.14. The molecule has 0 bridgehead atoms. The molecule has 1 aliphatic carbocycles. The molecule has 1 aromatic heterocycles. The van der Waals surface area contributed by atoms with Crippen LogP contribution < -0.4 is 20.3 Å². The summed E-state index contributed by atoms with van der Waals surface area (Å²) in [4.78, 5) is 25.0. The van der Waals surface area contributed by atoms with Gasteiger partial charge in [-0.15, -0.1) is 0 Å². The number of benzene rings is 1. The van der Waals surface area contributed by atoms with Crippen LogP contribution in [0.25, 0.3) is 0 Å². The van der Waals surface area contributed by atoms with Gasteiger partial charge in [0, 0.05) is 23.6 Å². The third-order valence-corrected chi connectivity index (χ3v) is 4.85. The summed E-state index contributed by atoms with van der Waals surface area (Å²) in [5.74, 6) is 1.66. The predicted octanol–water partition coefficient (Wildman–Crippen LogP) is 2.00. The Kier molecular flexibility index (Phi) is 2.68. The van der Waals surface area contributed by atoms with Gasteiger partial charge in [-0.1, -0.05) is 6.07 Å². The third-order valence-electron chi connectivity index (χ3n) is 4.85. The number of ketones is 1. The van der Waals surface area contributed by atoms with Gasteiger partial charge in [0.25, 0.3) is 5.56 Å². The van der Waals surface area contributed by atoms with Crippen LogP contribution in [0.1, 0.15) is 36.3 Å². The van der Waals surface area contributed by atoms with Crippen LogP contribution in [0.4, 0.5) is 5.82 Å². The van der Waals surface area contributed by atoms with E-state index in [4.69, 9.17) is 9.47 Å². The Morgan fingerprint density at radius 2 is 1.92 bits per heavy atom. The van der Waals surface area contributed by atoms with Crippen LogP contribution in [-0.4, -0.2) is 22.8 Å². The summed E-state index contributed by atoms with van der Waals surface area (Å²) in [7, 11) is 0. The Morgan fingerprint density at radius 1 is 1.04 bits per heavy atom. The van der Waals surface area contributed by atoms with Crippen LogP contribution in [-0.2, 0) is 4.79 Å². The molecular weight excluding hydrogens is 310 g/mol. The average molecular weight is 325 g/mol. The van der Waals surface area contributed by atoms with Crippen molar-refractivity contribution in [1.82, 2.24) is 10.2 Å². The van der Waals surface area contributed by atoms with Crippen molar-refractivity contribution in [3.05, 3.63) is 50.9 Å². The van der Waals surface area contributed by atoms with Gasteiger partial charge in [0.2, 0.25) is 6.79 Å². The number of carbonyl (C=O) groups is 1. The quantitative estimate of drug-likeness (QED) is 0.745. The van der Waals surface area contributed by atoms with Crippen molar-refractivity contribution in [3.8, 4) is 11.5 Å². The molecule has 2 aromatic rings. The molecule has 0 radical (unpaired) electrons. The Morgan fingerprint density at radius 3 is 2.83 bits per heavy atom. The summed E-state index contributed by atoms with van der Waals surface area (Å²) in [5, 5.41) is 8.71. The van der Waals surface area contributed by atoms with Crippen LogP contribution in [0.15, 0.2) is 34.3 Å². The lowest BCUT2D eigenvalue weighted by atomic mass is 9.77. The van der Waals surface area contributed by atoms with Crippen LogP contribution in [0.5, 0.6) is 11.5 Å². The van der Waals surface area contributed by atoms with Gasteiger partial charge in [-0.05, 0) is 30.5 Å². The van der Waals surface area contributed by atoms with Crippen molar-refractivity contribution < 1.29 is 14.3 Å². The first kappa shape index (κ1) is 13.5.